The van der Waals surface area contributed by atoms with Crippen LogP contribution in [0.1, 0.15) is 31.1 Å². The van der Waals surface area contributed by atoms with Crippen LogP contribution in [-0.4, -0.2) is 52.7 Å². The van der Waals surface area contributed by atoms with Crippen LogP contribution in [0.25, 0.3) is 0 Å². The van der Waals surface area contributed by atoms with Crippen molar-refractivity contribution in [2.45, 2.75) is 0 Å². The van der Waals surface area contributed by atoms with Crippen molar-refractivity contribution in [1.29, 1.82) is 0 Å². The van der Waals surface area contributed by atoms with Gasteiger partial charge in [-0.05, 0) is 18.2 Å². The fourth-order valence-electron chi connectivity index (χ4n) is 2.51. The largest absolute Gasteiger partial charge is 0.383 e. The minimum Gasteiger partial charge on any atom is -0.383 e. The van der Waals surface area contributed by atoms with Crippen LogP contribution in [-0.2, 0) is 11.8 Å². The molecular formula is C16H16N4O4. The number of aromatic nitrogens is 2. The van der Waals surface area contributed by atoms with Crippen molar-refractivity contribution >= 4 is 23.4 Å². The van der Waals surface area contributed by atoms with Gasteiger partial charge < -0.3 is 10.1 Å². The molecule has 1 aromatic carbocycles. The number of carbonyl (C=O) groups excluding carboxylic acids is 3. The molecule has 0 unspecified atom stereocenters. The third kappa shape index (κ3) is 2.79. The first-order valence-electron chi connectivity index (χ1n) is 7.30. The van der Waals surface area contributed by atoms with Gasteiger partial charge in [0, 0.05) is 25.9 Å². The lowest BCUT2D eigenvalue weighted by Crippen LogP contribution is -2.32. The van der Waals surface area contributed by atoms with Crippen LogP contribution in [0.3, 0.4) is 0 Å². The van der Waals surface area contributed by atoms with Crippen molar-refractivity contribution in [2.24, 2.45) is 7.05 Å². The molecule has 0 saturated heterocycles. The number of benzene rings is 1. The van der Waals surface area contributed by atoms with Crippen LogP contribution in [0.4, 0.5) is 5.69 Å². The Morgan fingerprint density at radius 1 is 1.25 bits per heavy atom. The molecule has 2 heterocycles. The number of rotatable bonds is 5. The van der Waals surface area contributed by atoms with Crippen LogP contribution in [0, 0.1) is 0 Å². The lowest BCUT2D eigenvalue weighted by Gasteiger charge is -2.12. The summed E-state index contributed by atoms with van der Waals surface area (Å²) < 4.78 is 6.48. The molecule has 1 aliphatic rings. The second-order valence-corrected chi connectivity index (χ2v) is 5.37. The smallest absolute Gasteiger partial charge is 0.261 e. The lowest BCUT2D eigenvalue weighted by molar-refractivity contribution is 0.0603. The van der Waals surface area contributed by atoms with Crippen LogP contribution >= 0.6 is 0 Å². The number of imide groups is 1. The van der Waals surface area contributed by atoms with E-state index in [0.717, 1.165) is 4.90 Å². The number of nitrogens with zero attached hydrogens (tertiary/aromatic N) is 3. The van der Waals surface area contributed by atoms with E-state index >= 15 is 0 Å². The van der Waals surface area contributed by atoms with Gasteiger partial charge in [-0.25, -0.2) is 0 Å². The van der Waals surface area contributed by atoms with Crippen molar-refractivity contribution in [1.82, 2.24) is 14.7 Å². The molecule has 1 aromatic heterocycles. The summed E-state index contributed by atoms with van der Waals surface area (Å²) in [5.41, 5.74) is 1.38. The second kappa shape index (κ2) is 6.25. The highest BCUT2D eigenvalue weighted by Crippen LogP contribution is 2.24. The number of aryl methyl sites for hydroxylation is 1. The predicted molar refractivity (Wildman–Crippen MR) is 84.8 cm³/mol. The standard InChI is InChI=1S/C16H16N4O4/c1-19-9-11(8-17-19)18-14(21)10-3-4-12-13(7-10)16(23)20(15(12)22)5-6-24-2/h3-4,7-9H,5-6H2,1-2H3,(H,18,21). The number of fused-ring (bicyclic) bond motifs is 1. The molecule has 24 heavy (non-hydrogen) atoms. The van der Waals surface area contributed by atoms with E-state index in [4.69, 9.17) is 4.74 Å². The molecule has 3 amide bonds. The van der Waals surface area contributed by atoms with Crippen LogP contribution in [0.5, 0.6) is 0 Å². The van der Waals surface area contributed by atoms with Crippen LogP contribution < -0.4 is 5.32 Å². The van der Waals surface area contributed by atoms with E-state index in [-0.39, 0.29) is 30.5 Å². The zero-order chi connectivity index (χ0) is 17.3. The predicted octanol–water partition coefficient (Wildman–Crippen LogP) is 0.915. The lowest BCUT2D eigenvalue weighted by atomic mass is 10.1. The third-order valence-electron chi connectivity index (χ3n) is 3.71. The Morgan fingerprint density at radius 2 is 2.00 bits per heavy atom. The average Bonchev–Trinajstić information content (AvgIpc) is 3.08. The average molecular weight is 328 g/mol. The van der Waals surface area contributed by atoms with E-state index in [0.29, 0.717) is 16.8 Å². The van der Waals surface area contributed by atoms with Gasteiger partial charge in [0.25, 0.3) is 17.7 Å². The molecule has 0 radical (unpaired) electrons. The molecule has 3 rings (SSSR count). The Morgan fingerprint density at radius 3 is 2.67 bits per heavy atom. The summed E-state index contributed by atoms with van der Waals surface area (Å²) in [5, 5.41) is 6.66. The number of hydrogen-bond donors (Lipinski definition) is 1. The highest BCUT2D eigenvalue weighted by Gasteiger charge is 2.35. The molecule has 8 nitrogen and oxygen atoms in total. The zero-order valence-electron chi connectivity index (χ0n) is 13.3. The number of carbonyl (C=O) groups is 3. The van der Waals surface area contributed by atoms with Gasteiger partial charge in [0.05, 0.1) is 36.2 Å². The quantitative estimate of drug-likeness (QED) is 0.824. The fourth-order valence-corrected chi connectivity index (χ4v) is 2.51. The van der Waals surface area contributed by atoms with Gasteiger partial charge in [0.2, 0.25) is 0 Å². The fraction of sp³-hybridized carbons (Fsp3) is 0.250. The van der Waals surface area contributed by atoms with Crippen molar-refractivity contribution in [3.8, 4) is 0 Å². The van der Waals surface area contributed by atoms with E-state index in [1.807, 2.05) is 0 Å². The minimum absolute atomic E-state index is 0.181. The van der Waals surface area contributed by atoms with Crippen molar-refractivity contribution in [2.75, 3.05) is 25.6 Å². The number of amides is 3. The van der Waals surface area contributed by atoms with Gasteiger partial charge in [-0.3, -0.25) is 24.0 Å². The molecule has 0 spiro atoms. The molecule has 124 valence electrons. The first-order valence-corrected chi connectivity index (χ1v) is 7.30. The number of nitrogens with one attached hydrogen (secondary N) is 1. The summed E-state index contributed by atoms with van der Waals surface area (Å²) in [6, 6.07) is 4.46. The zero-order valence-corrected chi connectivity index (χ0v) is 13.3. The van der Waals surface area contributed by atoms with Gasteiger partial charge in [-0.2, -0.15) is 5.10 Å². The summed E-state index contributed by atoms with van der Waals surface area (Å²) in [5.74, 6) is -1.16. The van der Waals surface area contributed by atoms with Gasteiger partial charge in [-0.15, -0.1) is 0 Å². The van der Waals surface area contributed by atoms with E-state index in [1.54, 1.807) is 17.9 Å². The topological polar surface area (TPSA) is 93.5 Å². The Labute approximate surface area is 138 Å². The SMILES string of the molecule is COCCN1C(=O)c2ccc(C(=O)Nc3cnn(C)c3)cc2C1=O. The van der Waals surface area contributed by atoms with Gasteiger partial charge in [-0.1, -0.05) is 0 Å². The Balaban J connectivity index is 1.82. The Bertz CT molecular complexity index is 827. The summed E-state index contributed by atoms with van der Waals surface area (Å²) >= 11 is 0. The molecule has 0 atom stereocenters. The Hall–Kier alpha value is -3.00. The highest BCUT2D eigenvalue weighted by molar-refractivity contribution is 6.22. The van der Waals surface area contributed by atoms with E-state index < -0.39 is 5.91 Å². The van der Waals surface area contributed by atoms with Gasteiger partial charge in [0.1, 0.15) is 0 Å². The second-order valence-electron chi connectivity index (χ2n) is 5.37. The molecule has 1 N–H and O–H groups in total. The van der Waals surface area contributed by atoms with Crippen LogP contribution in [0.2, 0.25) is 0 Å². The van der Waals surface area contributed by atoms with E-state index in [2.05, 4.69) is 10.4 Å². The summed E-state index contributed by atoms with van der Waals surface area (Å²) in [6.45, 7) is 0.444. The first kappa shape index (κ1) is 15.9. The number of methoxy groups -OCH3 is 1. The molecule has 0 saturated carbocycles. The third-order valence-corrected chi connectivity index (χ3v) is 3.71. The minimum atomic E-state index is -0.414. The van der Waals surface area contributed by atoms with Gasteiger partial charge >= 0.3 is 0 Å². The van der Waals surface area contributed by atoms with Crippen molar-refractivity contribution < 1.29 is 19.1 Å². The Kier molecular flexibility index (Phi) is 4.13. The summed E-state index contributed by atoms with van der Waals surface area (Å²) in [6.07, 6.45) is 3.18. The van der Waals surface area contributed by atoms with Gasteiger partial charge in [0.15, 0.2) is 0 Å². The molecule has 0 aliphatic carbocycles. The molecule has 2 aromatic rings. The molecule has 8 heteroatoms. The first-order chi connectivity index (χ1) is 11.5. The number of hydrogen-bond acceptors (Lipinski definition) is 5. The van der Waals surface area contributed by atoms with Crippen molar-refractivity contribution in [3.05, 3.63) is 47.3 Å². The maximum absolute atomic E-state index is 12.4. The summed E-state index contributed by atoms with van der Waals surface area (Å²) in [4.78, 5) is 38.0. The molecular weight excluding hydrogens is 312 g/mol. The number of anilines is 1. The van der Waals surface area contributed by atoms with Crippen LogP contribution in [0.15, 0.2) is 30.6 Å². The van der Waals surface area contributed by atoms with Crippen molar-refractivity contribution in [3.63, 3.8) is 0 Å². The summed E-state index contributed by atoms with van der Waals surface area (Å²) in [7, 11) is 3.24. The highest BCUT2D eigenvalue weighted by atomic mass is 16.5. The van der Waals surface area contributed by atoms with E-state index in [1.165, 1.54) is 31.5 Å². The molecule has 0 fully saturated rings. The number of ether oxygens (including phenoxy) is 1. The van der Waals surface area contributed by atoms with E-state index in [9.17, 15) is 14.4 Å². The normalized spacial score (nSPS) is 13.3. The molecule has 0 bridgehead atoms. The molecule has 1 aliphatic heterocycles. The maximum Gasteiger partial charge on any atom is 0.261 e. The monoisotopic (exact) mass is 328 g/mol. The maximum atomic E-state index is 12.4.